The number of methoxy groups -OCH3 is 1. The number of benzene rings is 1. The highest BCUT2D eigenvalue weighted by Crippen LogP contribution is 2.40. The van der Waals surface area contributed by atoms with E-state index in [1.165, 1.54) is 20.1 Å². The fourth-order valence-electron chi connectivity index (χ4n) is 2.67. The molecule has 6 nitrogen and oxygen atoms in total. The van der Waals surface area contributed by atoms with Crippen molar-refractivity contribution < 1.29 is 27.5 Å². The molecule has 0 unspecified atom stereocenters. The molecule has 0 fully saturated rings. The highest BCUT2D eigenvalue weighted by atomic mass is 19.4. The van der Waals surface area contributed by atoms with Crippen LogP contribution in [0.4, 0.5) is 13.2 Å². The van der Waals surface area contributed by atoms with Crippen LogP contribution in [0.5, 0.6) is 5.75 Å². The summed E-state index contributed by atoms with van der Waals surface area (Å²) in [6, 6.07) is 8.06. The van der Waals surface area contributed by atoms with Gasteiger partial charge >= 0.3 is 6.18 Å². The number of nitrogens with one attached hydrogen (secondary N) is 2. The van der Waals surface area contributed by atoms with E-state index in [-0.39, 0.29) is 18.5 Å². The first-order chi connectivity index (χ1) is 12.2. The Kier molecular flexibility index (Phi) is 5.25. The second-order valence-electron chi connectivity index (χ2n) is 5.71. The number of hydrogen-bond donors (Lipinski definition) is 2. The van der Waals surface area contributed by atoms with Gasteiger partial charge in [-0.1, -0.05) is 12.1 Å². The fraction of sp³-hybridized carbons (Fsp3) is 0.353. The number of halogens is 3. The van der Waals surface area contributed by atoms with Crippen molar-refractivity contribution in [3.63, 3.8) is 0 Å². The molecular weight excluding hydrogens is 351 g/mol. The van der Waals surface area contributed by atoms with E-state index in [0.717, 1.165) is 0 Å². The zero-order chi connectivity index (χ0) is 19.5. The first kappa shape index (κ1) is 19.3. The lowest BCUT2D eigenvalue weighted by Gasteiger charge is -2.30. The van der Waals surface area contributed by atoms with Gasteiger partial charge in [-0.2, -0.15) is 18.4 Å². The van der Waals surface area contributed by atoms with Crippen molar-refractivity contribution in [3.05, 3.63) is 41.1 Å². The number of nitrogens with zero attached hydrogens (tertiary/aromatic N) is 1. The average molecular weight is 367 g/mol. The van der Waals surface area contributed by atoms with Gasteiger partial charge in [0.2, 0.25) is 5.91 Å². The quantitative estimate of drug-likeness (QED) is 0.833. The van der Waals surface area contributed by atoms with Gasteiger partial charge in [0.15, 0.2) is 0 Å². The maximum Gasteiger partial charge on any atom is 0.425 e. The fourth-order valence-corrected chi connectivity index (χ4v) is 2.67. The van der Waals surface area contributed by atoms with Crippen LogP contribution >= 0.6 is 0 Å². The minimum atomic E-state index is -5.16. The van der Waals surface area contributed by atoms with Crippen LogP contribution in [0.1, 0.15) is 18.9 Å². The lowest BCUT2D eigenvalue weighted by molar-refractivity contribution is -0.189. The number of carbonyl (C=O) groups is 2. The van der Waals surface area contributed by atoms with E-state index in [4.69, 9.17) is 10.00 Å². The van der Waals surface area contributed by atoms with Crippen molar-refractivity contribution in [2.24, 2.45) is 0 Å². The molecule has 0 aliphatic carbocycles. The monoisotopic (exact) mass is 367 g/mol. The van der Waals surface area contributed by atoms with Crippen LogP contribution in [0, 0.1) is 11.3 Å². The predicted octanol–water partition coefficient (Wildman–Crippen LogP) is 1.97. The molecule has 1 aromatic rings. The Morgan fingerprint density at radius 3 is 2.46 bits per heavy atom. The summed E-state index contributed by atoms with van der Waals surface area (Å²) < 4.78 is 45.8. The topological polar surface area (TPSA) is 91.2 Å². The molecule has 0 saturated carbocycles. The third-order valence-corrected chi connectivity index (χ3v) is 4.06. The maximum atomic E-state index is 13.6. The molecule has 2 rings (SSSR count). The number of amides is 2. The predicted molar refractivity (Wildman–Crippen MR) is 84.7 cm³/mol. The molecule has 1 aliphatic heterocycles. The molecule has 1 aliphatic rings. The van der Waals surface area contributed by atoms with Gasteiger partial charge in [0.25, 0.3) is 11.4 Å². The van der Waals surface area contributed by atoms with E-state index in [1.807, 2.05) is 5.32 Å². The Hall–Kier alpha value is -3.02. The van der Waals surface area contributed by atoms with Crippen LogP contribution in [0.2, 0.25) is 0 Å². The molecule has 1 heterocycles. The van der Waals surface area contributed by atoms with Gasteiger partial charge < -0.3 is 15.4 Å². The Morgan fingerprint density at radius 1 is 1.35 bits per heavy atom. The maximum absolute atomic E-state index is 13.6. The van der Waals surface area contributed by atoms with Crippen LogP contribution in [0.15, 0.2) is 35.5 Å². The Balaban J connectivity index is 2.18. The van der Waals surface area contributed by atoms with Crippen LogP contribution < -0.4 is 15.4 Å². The van der Waals surface area contributed by atoms with Crippen molar-refractivity contribution in [3.8, 4) is 11.8 Å². The van der Waals surface area contributed by atoms with Crippen LogP contribution in [-0.4, -0.2) is 30.6 Å². The van der Waals surface area contributed by atoms with Gasteiger partial charge in [-0.3, -0.25) is 9.59 Å². The molecule has 0 saturated heterocycles. The van der Waals surface area contributed by atoms with Crippen molar-refractivity contribution in [1.82, 2.24) is 10.6 Å². The highest BCUT2D eigenvalue weighted by Gasteiger charge is 2.67. The van der Waals surface area contributed by atoms with Crippen molar-refractivity contribution in [2.45, 2.75) is 31.5 Å². The molecular formula is C17H16F3N3O3. The Bertz CT molecular complexity index is 794. The number of hydrogen-bond acceptors (Lipinski definition) is 4. The molecule has 2 N–H and O–H groups in total. The molecule has 2 amide bonds. The minimum Gasteiger partial charge on any atom is -0.497 e. The summed E-state index contributed by atoms with van der Waals surface area (Å²) >= 11 is 0. The average Bonchev–Trinajstić information content (AvgIpc) is 2.83. The summed E-state index contributed by atoms with van der Waals surface area (Å²) in [5.74, 6) is -1.87. The zero-order valence-electron chi connectivity index (χ0n) is 14.0. The largest absolute Gasteiger partial charge is 0.497 e. The number of nitriles is 1. The van der Waals surface area contributed by atoms with E-state index in [1.54, 1.807) is 29.6 Å². The SMILES string of the molecule is COc1ccc(CCC(=O)N[C@@]2(C(F)(F)F)C(=O)NC(C)=C2C#N)cc1. The Morgan fingerprint density at radius 2 is 1.96 bits per heavy atom. The summed E-state index contributed by atoms with van der Waals surface area (Å²) in [5.41, 5.74) is -3.73. The molecule has 0 radical (unpaired) electrons. The zero-order valence-corrected chi connectivity index (χ0v) is 14.0. The molecule has 0 spiro atoms. The van der Waals surface area contributed by atoms with Gasteiger partial charge in [-0.25, -0.2) is 0 Å². The van der Waals surface area contributed by atoms with Gasteiger partial charge in [0.1, 0.15) is 5.75 Å². The highest BCUT2D eigenvalue weighted by molar-refractivity contribution is 6.00. The molecule has 26 heavy (non-hydrogen) atoms. The first-order valence-corrected chi connectivity index (χ1v) is 7.59. The second-order valence-corrected chi connectivity index (χ2v) is 5.71. The van der Waals surface area contributed by atoms with E-state index < -0.39 is 29.1 Å². The number of aryl methyl sites for hydroxylation is 1. The van der Waals surface area contributed by atoms with E-state index in [9.17, 15) is 22.8 Å². The number of carbonyl (C=O) groups excluding carboxylic acids is 2. The van der Waals surface area contributed by atoms with E-state index in [0.29, 0.717) is 11.3 Å². The third-order valence-electron chi connectivity index (χ3n) is 4.06. The third kappa shape index (κ3) is 3.35. The van der Waals surface area contributed by atoms with Crippen LogP contribution in [0.3, 0.4) is 0 Å². The number of alkyl halides is 3. The number of rotatable bonds is 5. The van der Waals surface area contributed by atoms with E-state index in [2.05, 4.69) is 0 Å². The molecule has 1 atom stereocenters. The molecule has 0 bridgehead atoms. The van der Waals surface area contributed by atoms with Crippen molar-refractivity contribution in [1.29, 1.82) is 5.26 Å². The summed E-state index contributed by atoms with van der Waals surface area (Å²) in [7, 11) is 1.49. The second kappa shape index (κ2) is 7.07. The normalized spacial score (nSPS) is 19.8. The van der Waals surface area contributed by atoms with Crippen LogP contribution in [0.25, 0.3) is 0 Å². The van der Waals surface area contributed by atoms with Crippen LogP contribution in [-0.2, 0) is 16.0 Å². The first-order valence-electron chi connectivity index (χ1n) is 7.59. The van der Waals surface area contributed by atoms with E-state index >= 15 is 0 Å². The Labute approximate surface area is 147 Å². The molecule has 9 heteroatoms. The van der Waals surface area contributed by atoms with Gasteiger partial charge in [0.05, 0.1) is 18.8 Å². The standard InChI is InChI=1S/C17H16F3N3O3/c1-10-13(9-21)16(15(25)22-10,17(18,19)20)23-14(24)8-5-11-3-6-12(26-2)7-4-11/h3-4,6-7H,5,8H2,1-2H3,(H,22,25)(H,23,24)/t16-/m1/s1. The molecule has 138 valence electrons. The van der Waals surface area contributed by atoms with Gasteiger partial charge in [0, 0.05) is 12.1 Å². The van der Waals surface area contributed by atoms with Crippen molar-refractivity contribution >= 4 is 11.8 Å². The lowest BCUT2D eigenvalue weighted by Crippen LogP contribution is -2.64. The lowest BCUT2D eigenvalue weighted by atomic mass is 9.90. The summed E-state index contributed by atoms with van der Waals surface area (Å²) in [6.07, 6.45) is -5.28. The van der Waals surface area contributed by atoms with Gasteiger partial charge in [-0.15, -0.1) is 0 Å². The number of ether oxygens (including phenoxy) is 1. The summed E-state index contributed by atoms with van der Waals surface area (Å²) in [6.45, 7) is 1.17. The van der Waals surface area contributed by atoms with Crippen molar-refractivity contribution in [2.75, 3.05) is 7.11 Å². The summed E-state index contributed by atoms with van der Waals surface area (Å²) in [5, 5.41) is 12.8. The smallest absolute Gasteiger partial charge is 0.425 e. The molecule has 0 aromatic heterocycles. The van der Waals surface area contributed by atoms with Gasteiger partial charge in [-0.05, 0) is 31.0 Å². The summed E-state index contributed by atoms with van der Waals surface area (Å²) in [4.78, 5) is 24.1. The number of allylic oxidation sites excluding steroid dienone is 1. The minimum absolute atomic E-state index is 0.163. The molecule has 1 aromatic carbocycles.